The number of imidazole rings is 1. The normalized spacial score (nSPS) is 10.6. The van der Waals surface area contributed by atoms with E-state index in [2.05, 4.69) is 4.98 Å². The molecule has 0 unspecified atom stereocenters. The van der Waals surface area contributed by atoms with Crippen LogP contribution in [0.5, 0.6) is 0 Å². The van der Waals surface area contributed by atoms with Gasteiger partial charge in [-0.1, -0.05) is 6.07 Å². The Balaban J connectivity index is 2.69. The first-order valence-electron chi connectivity index (χ1n) is 3.44. The molecule has 0 fully saturated rings. The number of rotatable bonds is 1. The lowest BCUT2D eigenvalue weighted by molar-refractivity contribution is -0.510. The average Bonchev–Trinajstić information content (AvgIpc) is 2.46. The number of alkyl halides is 1. The van der Waals surface area contributed by atoms with Gasteiger partial charge in [-0.2, -0.15) is 0 Å². The Morgan fingerprint density at radius 3 is 3.09 bits per heavy atom. The molecule has 0 bridgehead atoms. The largest absolute Gasteiger partial charge is 0.284 e. The molecule has 0 radical (unpaired) electrons. The number of hydrogen-bond acceptors (Lipinski definition) is 0. The molecule has 2 heterocycles. The van der Waals surface area contributed by atoms with Crippen molar-refractivity contribution in [1.29, 1.82) is 0 Å². The molecule has 0 aliphatic rings. The summed E-state index contributed by atoms with van der Waals surface area (Å²) in [6.45, 7) is 0. The molecule has 0 amide bonds. The summed E-state index contributed by atoms with van der Waals surface area (Å²) in [6, 6.07) is 5.98. The highest BCUT2D eigenvalue weighted by molar-refractivity contribution is 6.16. The number of aromatic amines is 1. The standard InChI is InChI=1S/C8H7ClN2/c9-5-7-6-11-4-2-1-3-8(11)10-7/h1-4,6H,5H2/p+1. The molecule has 3 heteroatoms. The second-order valence-corrected chi connectivity index (χ2v) is 2.67. The van der Waals surface area contributed by atoms with E-state index in [4.69, 9.17) is 11.6 Å². The first-order valence-corrected chi connectivity index (χ1v) is 3.97. The van der Waals surface area contributed by atoms with Gasteiger partial charge in [0.15, 0.2) is 5.69 Å². The number of halogens is 1. The Morgan fingerprint density at radius 2 is 2.36 bits per heavy atom. The summed E-state index contributed by atoms with van der Waals surface area (Å²) >= 11 is 5.65. The van der Waals surface area contributed by atoms with Crippen molar-refractivity contribution >= 4 is 17.2 Å². The molecule has 2 aromatic heterocycles. The molecular weight excluding hydrogens is 160 g/mol. The number of nitrogens with one attached hydrogen (secondary N) is 1. The van der Waals surface area contributed by atoms with Gasteiger partial charge in [-0.05, 0) is 6.07 Å². The number of hydrogen-bond donors (Lipinski definition) is 1. The van der Waals surface area contributed by atoms with Gasteiger partial charge in [0.05, 0.1) is 12.1 Å². The number of aromatic nitrogens is 2. The summed E-state index contributed by atoms with van der Waals surface area (Å²) in [5, 5.41) is 0. The predicted octanol–water partition coefficient (Wildman–Crippen LogP) is 1.49. The van der Waals surface area contributed by atoms with E-state index in [1.54, 1.807) is 0 Å². The van der Waals surface area contributed by atoms with Crippen molar-refractivity contribution in [3.8, 4) is 0 Å². The first-order chi connectivity index (χ1) is 5.40. The Kier molecular flexibility index (Phi) is 1.55. The molecule has 0 atom stereocenters. The number of pyridine rings is 1. The number of fused-ring (bicyclic) bond motifs is 1. The quantitative estimate of drug-likeness (QED) is 0.491. The average molecular weight is 168 g/mol. The Morgan fingerprint density at radius 1 is 1.45 bits per heavy atom. The minimum Gasteiger partial charge on any atom is -0.240 e. The van der Waals surface area contributed by atoms with Crippen molar-refractivity contribution in [2.45, 2.75) is 5.88 Å². The van der Waals surface area contributed by atoms with Crippen LogP contribution in [-0.4, -0.2) is 4.98 Å². The topological polar surface area (TPSA) is 19.9 Å². The third-order valence-corrected chi connectivity index (χ3v) is 1.91. The fraction of sp³-hybridized carbons (Fsp3) is 0.125. The van der Waals surface area contributed by atoms with Crippen molar-refractivity contribution in [2.24, 2.45) is 0 Å². The van der Waals surface area contributed by atoms with Gasteiger partial charge in [0.2, 0.25) is 0 Å². The van der Waals surface area contributed by atoms with Crippen LogP contribution >= 0.6 is 11.6 Å². The van der Waals surface area contributed by atoms with Crippen molar-refractivity contribution in [3.05, 3.63) is 36.3 Å². The lowest BCUT2D eigenvalue weighted by atomic mass is 10.5. The second kappa shape index (κ2) is 2.55. The van der Waals surface area contributed by atoms with Crippen molar-refractivity contribution in [3.63, 3.8) is 0 Å². The van der Waals surface area contributed by atoms with Gasteiger partial charge in [-0.25, -0.2) is 9.38 Å². The van der Waals surface area contributed by atoms with E-state index in [-0.39, 0.29) is 0 Å². The van der Waals surface area contributed by atoms with Gasteiger partial charge < -0.3 is 0 Å². The van der Waals surface area contributed by atoms with Crippen LogP contribution in [0.2, 0.25) is 0 Å². The van der Waals surface area contributed by atoms with Crippen LogP contribution < -0.4 is 4.40 Å². The molecule has 0 saturated carbocycles. The van der Waals surface area contributed by atoms with E-state index >= 15 is 0 Å². The third kappa shape index (κ3) is 1.10. The smallest absolute Gasteiger partial charge is 0.240 e. The maximum absolute atomic E-state index is 5.65. The second-order valence-electron chi connectivity index (χ2n) is 2.41. The van der Waals surface area contributed by atoms with Gasteiger partial charge in [-0.15, -0.1) is 11.6 Å². The zero-order valence-electron chi connectivity index (χ0n) is 5.92. The highest BCUT2D eigenvalue weighted by Crippen LogP contribution is 1.99. The summed E-state index contributed by atoms with van der Waals surface area (Å²) in [6.07, 6.45) is 3.98. The van der Waals surface area contributed by atoms with Crippen LogP contribution in [0.4, 0.5) is 0 Å². The first kappa shape index (κ1) is 6.68. The van der Waals surface area contributed by atoms with E-state index in [9.17, 15) is 0 Å². The Hall–Kier alpha value is -1.02. The summed E-state index contributed by atoms with van der Waals surface area (Å²) in [7, 11) is 0. The molecule has 2 nitrogen and oxygen atoms in total. The maximum Gasteiger partial charge on any atom is 0.284 e. The molecule has 2 aromatic rings. The molecule has 0 saturated heterocycles. The summed E-state index contributed by atoms with van der Waals surface area (Å²) in [5.74, 6) is 0.529. The molecule has 2 rings (SSSR count). The summed E-state index contributed by atoms with van der Waals surface area (Å²) in [4.78, 5) is 3.18. The van der Waals surface area contributed by atoms with Crippen molar-refractivity contribution in [1.82, 2.24) is 4.98 Å². The van der Waals surface area contributed by atoms with Gasteiger partial charge >= 0.3 is 0 Å². The molecule has 56 valence electrons. The zero-order chi connectivity index (χ0) is 7.68. The van der Waals surface area contributed by atoms with Crippen LogP contribution in [0.3, 0.4) is 0 Å². The van der Waals surface area contributed by atoms with E-state index < -0.39 is 0 Å². The monoisotopic (exact) mass is 167 g/mol. The lowest BCUT2D eigenvalue weighted by Crippen LogP contribution is -2.16. The van der Waals surface area contributed by atoms with Gasteiger partial charge in [0, 0.05) is 6.07 Å². The molecule has 0 aliphatic heterocycles. The van der Waals surface area contributed by atoms with Crippen LogP contribution in [0.1, 0.15) is 5.69 Å². The predicted molar refractivity (Wildman–Crippen MR) is 43.5 cm³/mol. The SMILES string of the molecule is ClCc1c[n+]2ccccc2[nH]1. The van der Waals surface area contributed by atoms with Crippen LogP contribution in [0.25, 0.3) is 5.65 Å². The highest BCUT2D eigenvalue weighted by atomic mass is 35.5. The lowest BCUT2D eigenvalue weighted by Gasteiger charge is -1.78. The van der Waals surface area contributed by atoms with E-state index in [1.807, 2.05) is 35.0 Å². The van der Waals surface area contributed by atoms with E-state index in [1.165, 1.54) is 0 Å². The molecule has 0 spiro atoms. The number of H-pyrrole nitrogens is 1. The van der Waals surface area contributed by atoms with Gasteiger partial charge in [0.1, 0.15) is 6.20 Å². The fourth-order valence-electron chi connectivity index (χ4n) is 1.11. The minimum atomic E-state index is 0.529. The number of nitrogens with zero attached hydrogens (tertiary/aromatic N) is 1. The third-order valence-electron chi connectivity index (χ3n) is 1.62. The fourth-order valence-corrected chi connectivity index (χ4v) is 1.24. The van der Waals surface area contributed by atoms with Crippen LogP contribution in [0.15, 0.2) is 30.6 Å². The summed E-state index contributed by atoms with van der Waals surface area (Å²) in [5.41, 5.74) is 2.11. The Bertz CT molecular complexity index is 334. The van der Waals surface area contributed by atoms with Crippen LogP contribution in [-0.2, 0) is 5.88 Å². The highest BCUT2D eigenvalue weighted by Gasteiger charge is 2.04. The van der Waals surface area contributed by atoms with Crippen LogP contribution in [0, 0.1) is 0 Å². The molecular formula is C8H8ClN2+. The minimum absolute atomic E-state index is 0.529. The van der Waals surface area contributed by atoms with E-state index in [0.29, 0.717) is 5.88 Å². The summed E-state index contributed by atoms with van der Waals surface area (Å²) < 4.78 is 2.01. The zero-order valence-corrected chi connectivity index (χ0v) is 6.67. The maximum atomic E-state index is 5.65. The van der Waals surface area contributed by atoms with Crippen molar-refractivity contribution < 1.29 is 4.40 Å². The van der Waals surface area contributed by atoms with E-state index in [0.717, 1.165) is 11.3 Å². The molecule has 0 aliphatic carbocycles. The van der Waals surface area contributed by atoms with Crippen molar-refractivity contribution in [2.75, 3.05) is 0 Å². The molecule has 11 heavy (non-hydrogen) atoms. The molecule has 0 aromatic carbocycles. The van der Waals surface area contributed by atoms with Gasteiger partial charge in [0.25, 0.3) is 5.65 Å². The van der Waals surface area contributed by atoms with Gasteiger partial charge in [-0.3, -0.25) is 0 Å². The Labute approximate surface area is 69.4 Å². The molecule has 1 N–H and O–H groups in total.